The summed E-state index contributed by atoms with van der Waals surface area (Å²) in [5.74, 6) is 1.55. The predicted molar refractivity (Wildman–Crippen MR) is 69.8 cm³/mol. The Kier molecular flexibility index (Phi) is 9.57. The first-order valence-corrected chi connectivity index (χ1v) is 6.52. The smallest absolute Gasteiger partial charge is 0.0223 e. The molecule has 0 saturated carbocycles. The van der Waals surface area contributed by atoms with Crippen molar-refractivity contribution in [2.45, 2.75) is 26.7 Å². The number of hydrogen-bond acceptors (Lipinski definition) is 2. The van der Waals surface area contributed by atoms with Crippen molar-refractivity contribution in [3.8, 4) is 0 Å². The molecule has 0 spiro atoms. The van der Waals surface area contributed by atoms with Gasteiger partial charge in [-0.2, -0.15) is 0 Å². The molecule has 92 valence electrons. The lowest BCUT2D eigenvalue weighted by Gasteiger charge is -2.25. The molecular weight excluding hydrogens is 208 g/mol. The molecule has 0 heterocycles. The molecule has 0 aromatic heterocycles. The van der Waals surface area contributed by atoms with E-state index in [1.54, 1.807) is 0 Å². The lowest BCUT2D eigenvalue weighted by Crippen LogP contribution is -2.35. The van der Waals surface area contributed by atoms with Crippen LogP contribution in [0.5, 0.6) is 0 Å². The first kappa shape index (κ1) is 15.2. The number of likely N-dealkylation sites (N-methyl/N-ethyl adjacent to an activating group) is 1. The van der Waals surface area contributed by atoms with Gasteiger partial charge in [-0.05, 0) is 39.4 Å². The van der Waals surface area contributed by atoms with Gasteiger partial charge in [-0.3, -0.25) is 0 Å². The van der Waals surface area contributed by atoms with Gasteiger partial charge in [-0.1, -0.05) is 13.8 Å². The van der Waals surface area contributed by atoms with Gasteiger partial charge in [0.1, 0.15) is 0 Å². The Morgan fingerprint density at radius 2 is 1.67 bits per heavy atom. The van der Waals surface area contributed by atoms with E-state index in [-0.39, 0.29) is 0 Å². The highest BCUT2D eigenvalue weighted by molar-refractivity contribution is 6.17. The molecule has 0 aromatic rings. The molecule has 0 aliphatic heterocycles. The van der Waals surface area contributed by atoms with Crippen LogP contribution in [-0.2, 0) is 0 Å². The fourth-order valence-electron chi connectivity index (χ4n) is 1.58. The van der Waals surface area contributed by atoms with Gasteiger partial charge in [-0.15, -0.1) is 11.6 Å². The first-order chi connectivity index (χ1) is 7.06. The van der Waals surface area contributed by atoms with E-state index < -0.39 is 0 Å². The van der Waals surface area contributed by atoms with E-state index in [0.717, 1.165) is 24.8 Å². The monoisotopic (exact) mass is 234 g/mol. The van der Waals surface area contributed by atoms with Crippen LogP contribution in [0.3, 0.4) is 0 Å². The lowest BCUT2D eigenvalue weighted by atomic mass is 10.2. The van der Waals surface area contributed by atoms with Gasteiger partial charge >= 0.3 is 0 Å². The molecule has 0 aliphatic carbocycles. The number of nitrogens with zero attached hydrogens (tertiary/aromatic N) is 2. The Morgan fingerprint density at radius 1 is 1.00 bits per heavy atom. The SMILES string of the molecule is CC(C)CN(CCCCCl)CCN(C)C. The summed E-state index contributed by atoms with van der Waals surface area (Å²) >= 11 is 5.69. The van der Waals surface area contributed by atoms with Crippen LogP contribution in [0.15, 0.2) is 0 Å². The normalized spacial score (nSPS) is 12.0. The molecule has 2 nitrogen and oxygen atoms in total. The number of alkyl halides is 1. The summed E-state index contributed by atoms with van der Waals surface area (Å²) in [4.78, 5) is 4.80. The molecule has 0 atom stereocenters. The molecule has 0 rings (SSSR count). The maximum absolute atomic E-state index is 5.69. The molecular formula is C12H27ClN2. The largest absolute Gasteiger partial charge is 0.308 e. The van der Waals surface area contributed by atoms with E-state index in [9.17, 15) is 0 Å². The summed E-state index contributed by atoms with van der Waals surface area (Å²) in [6, 6.07) is 0. The van der Waals surface area contributed by atoms with Gasteiger partial charge in [0.15, 0.2) is 0 Å². The maximum Gasteiger partial charge on any atom is 0.0223 e. The highest BCUT2D eigenvalue weighted by Crippen LogP contribution is 2.02. The standard InChI is InChI=1S/C12H27ClN2/c1-12(2)11-15(8-6-5-7-13)10-9-14(3)4/h12H,5-11H2,1-4H3. The fraction of sp³-hybridized carbons (Fsp3) is 1.00. The van der Waals surface area contributed by atoms with Gasteiger partial charge in [0.05, 0.1) is 0 Å². The van der Waals surface area contributed by atoms with Crippen molar-refractivity contribution in [3.63, 3.8) is 0 Å². The second-order valence-electron chi connectivity index (χ2n) is 4.89. The van der Waals surface area contributed by atoms with Gasteiger partial charge in [-0.25, -0.2) is 0 Å². The van der Waals surface area contributed by atoms with E-state index in [1.807, 2.05) is 0 Å². The quantitative estimate of drug-likeness (QED) is 0.447. The molecule has 0 saturated heterocycles. The summed E-state index contributed by atoms with van der Waals surface area (Å²) in [5, 5.41) is 0. The zero-order chi connectivity index (χ0) is 11.7. The Balaban J connectivity index is 3.73. The van der Waals surface area contributed by atoms with Gasteiger partial charge < -0.3 is 9.80 Å². The second kappa shape index (κ2) is 9.44. The Hall–Kier alpha value is 0.210. The minimum absolute atomic E-state index is 0.753. The molecule has 0 amide bonds. The van der Waals surface area contributed by atoms with Crippen LogP contribution in [0.1, 0.15) is 26.7 Å². The van der Waals surface area contributed by atoms with Crippen LogP contribution in [0.2, 0.25) is 0 Å². The van der Waals surface area contributed by atoms with Crippen LogP contribution in [0, 0.1) is 5.92 Å². The molecule has 15 heavy (non-hydrogen) atoms. The van der Waals surface area contributed by atoms with Crippen molar-refractivity contribution in [3.05, 3.63) is 0 Å². The Morgan fingerprint density at radius 3 is 2.13 bits per heavy atom. The zero-order valence-electron chi connectivity index (χ0n) is 10.8. The Bertz CT molecular complexity index is 138. The van der Waals surface area contributed by atoms with E-state index in [0.29, 0.717) is 0 Å². The molecule has 0 bridgehead atoms. The third-order valence-corrected chi connectivity index (χ3v) is 2.61. The summed E-state index contributed by atoms with van der Waals surface area (Å²) in [6.07, 6.45) is 2.36. The molecule has 0 fully saturated rings. The topological polar surface area (TPSA) is 6.48 Å². The minimum atomic E-state index is 0.753. The van der Waals surface area contributed by atoms with Crippen LogP contribution >= 0.6 is 11.6 Å². The molecule has 0 aromatic carbocycles. The van der Waals surface area contributed by atoms with E-state index in [4.69, 9.17) is 11.6 Å². The summed E-state index contributed by atoms with van der Waals surface area (Å²) in [6.45, 7) is 9.28. The third kappa shape index (κ3) is 10.5. The van der Waals surface area contributed by atoms with Gasteiger partial charge in [0, 0.05) is 25.5 Å². The van der Waals surface area contributed by atoms with Crippen LogP contribution in [-0.4, -0.2) is 56.0 Å². The van der Waals surface area contributed by atoms with Crippen LogP contribution in [0.4, 0.5) is 0 Å². The van der Waals surface area contributed by atoms with Crippen molar-refractivity contribution in [1.29, 1.82) is 0 Å². The lowest BCUT2D eigenvalue weighted by molar-refractivity contribution is 0.216. The number of unbranched alkanes of at least 4 members (excludes halogenated alkanes) is 1. The average Bonchev–Trinajstić information content (AvgIpc) is 2.13. The number of halogens is 1. The van der Waals surface area contributed by atoms with Gasteiger partial charge in [0.25, 0.3) is 0 Å². The predicted octanol–water partition coefficient (Wildman–Crippen LogP) is 2.53. The van der Waals surface area contributed by atoms with E-state index >= 15 is 0 Å². The van der Waals surface area contributed by atoms with Crippen molar-refractivity contribution in [2.24, 2.45) is 5.92 Å². The first-order valence-electron chi connectivity index (χ1n) is 5.99. The molecule has 3 heteroatoms. The van der Waals surface area contributed by atoms with Gasteiger partial charge in [0.2, 0.25) is 0 Å². The summed E-state index contributed by atoms with van der Waals surface area (Å²) in [5.41, 5.74) is 0. The average molecular weight is 235 g/mol. The maximum atomic E-state index is 5.69. The van der Waals surface area contributed by atoms with E-state index in [1.165, 1.54) is 26.1 Å². The third-order valence-electron chi connectivity index (χ3n) is 2.34. The van der Waals surface area contributed by atoms with Crippen molar-refractivity contribution in [1.82, 2.24) is 9.80 Å². The molecule has 0 radical (unpaired) electrons. The second-order valence-corrected chi connectivity index (χ2v) is 5.27. The molecule has 0 unspecified atom stereocenters. The minimum Gasteiger partial charge on any atom is -0.308 e. The molecule has 0 N–H and O–H groups in total. The summed E-state index contributed by atoms with van der Waals surface area (Å²) < 4.78 is 0. The fourth-order valence-corrected chi connectivity index (χ4v) is 1.77. The van der Waals surface area contributed by atoms with E-state index in [2.05, 4.69) is 37.7 Å². The highest BCUT2D eigenvalue weighted by Gasteiger charge is 2.07. The zero-order valence-corrected chi connectivity index (χ0v) is 11.6. The number of rotatable bonds is 9. The Labute approximate surface area is 101 Å². The van der Waals surface area contributed by atoms with Crippen molar-refractivity contribution < 1.29 is 0 Å². The van der Waals surface area contributed by atoms with Crippen molar-refractivity contribution >= 4 is 11.6 Å². The van der Waals surface area contributed by atoms with Crippen LogP contribution in [0.25, 0.3) is 0 Å². The summed E-state index contributed by atoms with van der Waals surface area (Å²) in [7, 11) is 4.26. The highest BCUT2D eigenvalue weighted by atomic mass is 35.5. The van der Waals surface area contributed by atoms with Crippen LogP contribution < -0.4 is 0 Å². The van der Waals surface area contributed by atoms with Crippen molar-refractivity contribution in [2.75, 3.05) is 46.2 Å². The number of hydrogen-bond donors (Lipinski definition) is 0. The molecule has 0 aliphatic rings.